The monoisotopic (exact) mass is 289 g/mol. The van der Waals surface area contributed by atoms with Gasteiger partial charge in [0.15, 0.2) is 5.88 Å². The number of imide groups is 2. The van der Waals surface area contributed by atoms with Gasteiger partial charge in [0.05, 0.1) is 0 Å². The molecule has 2 aliphatic heterocycles. The second-order valence-corrected chi connectivity index (χ2v) is 5.02. The fourth-order valence-corrected chi connectivity index (χ4v) is 2.45. The number of nitrogens with one attached hydrogen (secondary N) is 2. The molecule has 0 radical (unpaired) electrons. The van der Waals surface area contributed by atoms with Crippen LogP contribution in [0.5, 0.6) is 0 Å². The molecule has 0 unspecified atom stereocenters. The van der Waals surface area contributed by atoms with Crippen molar-refractivity contribution < 1.29 is 18.8 Å². The van der Waals surface area contributed by atoms with Gasteiger partial charge >= 0.3 is 6.03 Å². The lowest BCUT2D eigenvalue weighted by molar-refractivity contribution is -0.123. The Bertz CT molecular complexity index is 604. The summed E-state index contributed by atoms with van der Waals surface area (Å²) in [6.07, 6.45) is 4.82. The summed E-state index contributed by atoms with van der Waals surface area (Å²) in [7, 11) is 0. The average molecular weight is 289 g/mol. The van der Waals surface area contributed by atoms with E-state index >= 15 is 0 Å². The van der Waals surface area contributed by atoms with Crippen molar-refractivity contribution in [1.82, 2.24) is 10.6 Å². The number of piperidine rings is 1. The third-order valence-electron chi connectivity index (χ3n) is 3.51. The SMILES string of the molecule is O=C1NC(=O)C(=Cc2ccc(N3CCCCC3)o2)C(=O)N1. The van der Waals surface area contributed by atoms with Gasteiger partial charge in [-0.2, -0.15) is 0 Å². The third kappa shape index (κ3) is 2.81. The highest BCUT2D eigenvalue weighted by molar-refractivity contribution is 6.30. The van der Waals surface area contributed by atoms with Crippen molar-refractivity contribution in [3.63, 3.8) is 0 Å². The molecular formula is C14H15N3O4. The number of barbiturate groups is 1. The zero-order chi connectivity index (χ0) is 14.8. The summed E-state index contributed by atoms with van der Waals surface area (Å²) in [5, 5.41) is 4.04. The first kappa shape index (κ1) is 13.4. The van der Waals surface area contributed by atoms with E-state index in [1.807, 2.05) is 16.7 Å². The van der Waals surface area contributed by atoms with Crippen LogP contribution < -0.4 is 15.5 Å². The zero-order valence-electron chi connectivity index (χ0n) is 11.3. The molecule has 2 aliphatic rings. The second-order valence-electron chi connectivity index (χ2n) is 5.02. The summed E-state index contributed by atoms with van der Waals surface area (Å²) in [6, 6.07) is 2.71. The third-order valence-corrected chi connectivity index (χ3v) is 3.51. The Labute approximate surface area is 121 Å². The molecule has 3 heterocycles. The second kappa shape index (κ2) is 5.43. The van der Waals surface area contributed by atoms with Gasteiger partial charge in [0, 0.05) is 19.2 Å². The molecule has 4 amide bonds. The topological polar surface area (TPSA) is 91.7 Å². The van der Waals surface area contributed by atoms with Gasteiger partial charge in [-0.25, -0.2) is 4.79 Å². The number of urea groups is 1. The molecule has 2 fully saturated rings. The predicted molar refractivity (Wildman–Crippen MR) is 74.4 cm³/mol. The van der Waals surface area contributed by atoms with Crippen LogP contribution in [-0.4, -0.2) is 30.9 Å². The molecular weight excluding hydrogens is 274 g/mol. The number of carbonyl (C=O) groups is 3. The number of hydrogen-bond acceptors (Lipinski definition) is 5. The van der Waals surface area contributed by atoms with E-state index in [9.17, 15) is 14.4 Å². The number of hydrogen-bond donors (Lipinski definition) is 2. The summed E-state index contributed by atoms with van der Waals surface area (Å²) < 4.78 is 5.65. The Kier molecular flexibility index (Phi) is 3.47. The number of nitrogens with zero attached hydrogens (tertiary/aromatic N) is 1. The van der Waals surface area contributed by atoms with Crippen LogP contribution in [0.15, 0.2) is 22.1 Å². The van der Waals surface area contributed by atoms with Gasteiger partial charge in [-0.05, 0) is 31.4 Å². The van der Waals surface area contributed by atoms with Gasteiger partial charge in [0.25, 0.3) is 11.8 Å². The van der Waals surface area contributed by atoms with E-state index < -0.39 is 17.8 Å². The number of carbonyl (C=O) groups excluding carboxylic acids is 3. The lowest BCUT2D eigenvalue weighted by Gasteiger charge is -2.25. The van der Waals surface area contributed by atoms with Crippen molar-refractivity contribution >= 4 is 29.8 Å². The van der Waals surface area contributed by atoms with Crippen LogP contribution in [0, 0.1) is 0 Å². The van der Waals surface area contributed by atoms with Crippen LogP contribution in [0.1, 0.15) is 25.0 Å². The van der Waals surface area contributed by atoms with E-state index in [1.165, 1.54) is 12.5 Å². The first-order valence-corrected chi connectivity index (χ1v) is 6.86. The molecule has 21 heavy (non-hydrogen) atoms. The van der Waals surface area contributed by atoms with Crippen molar-refractivity contribution in [3.8, 4) is 0 Å². The molecule has 2 saturated heterocycles. The maximum atomic E-state index is 11.6. The van der Waals surface area contributed by atoms with Crippen molar-refractivity contribution in [1.29, 1.82) is 0 Å². The highest BCUT2D eigenvalue weighted by Gasteiger charge is 2.28. The Hall–Kier alpha value is -2.57. The average Bonchev–Trinajstić information content (AvgIpc) is 2.92. The van der Waals surface area contributed by atoms with Gasteiger partial charge < -0.3 is 9.32 Å². The summed E-state index contributed by atoms with van der Waals surface area (Å²) in [4.78, 5) is 36.3. The van der Waals surface area contributed by atoms with Gasteiger partial charge in [0.2, 0.25) is 0 Å². The Morgan fingerprint density at radius 3 is 2.33 bits per heavy atom. The van der Waals surface area contributed by atoms with Crippen LogP contribution in [0.3, 0.4) is 0 Å². The molecule has 0 bridgehead atoms. The molecule has 0 aliphatic carbocycles. The molecule has 1 aromatic rings. The lowest BCUT2D eigenvalue weighted by atomic mass is 10.1. The van der Waals surface area contributed by atoms with E-state index in [0.29, 0.717) is 5.76 Å². The first-order valence-electron chi connectivity index (χ1n) is 6.86. The number of rotatable bonds is 2. The minimum Gasteiger partial charge on any atom is -0.441 e. The predicted octanol–water partition coefficient (Wildman–Crippen LogP) is 1.02. The summed E-state index contributed by atoms with van der Waals surface area (Å²) in [5.74, 6) is -0.307. The fraction of sp³-hybridized carbons (Fsp3) is 0.357. The number of amides is 4. The molecule has 0 spiro atoms. The summed E-state index contributed by atoms with van der Waals surface area (Å²) in [6.45, 7) is 1.89. The zero-order valence-corrected chi connectivity index (χ0v) is 11.3. The largest absolute Gasteiger partial charge is 0.441 e. The Morgan fingerprint density at radius 1 is 1.00 bits per heavy atom. The van der Waals surface area contributed by atoms with Gasteiger partial charge in [-0.1, -0.05) is 0 Å². The summed E-state index contributed by atoms with van der Waals surface area (Å²) in [5.41, 5.74) is -0.144. The fourth-order valence-electron chi connectivity index (χ4n) is 2.45. The highest BCUT2D eigenvalue weighted by Crippen LogP contribution is 2.24. The molecule has 0 atom stereocenters. The number of furan rings is 1. The minimum atomic E-state index is -0.810. The maximum Gasteiger partial charge on any atom is 0.328 e. The van der Waals surface area contributed by atoms with Crippen LogP contribution in [-0.2, 0) is 9.59 Å². The molecule has 2 N–H and O–H groups in total. The summed E-state index contributed by atoms with van der Waals surface area (Å²) >= 11 is 0. The Balaban J connectivity index is 1.79. The highest BCUT2D eigenvalue weighted by atomic mass is 16.4. The molecule has 3 rings (SSSR count). The molecule has 7 heteroatoms. The maximum absolute atomic E-state index is 11.6. The van der Waals surface area contributed by atoms with E-state index in [-0.39, 0.29) is 5.57 Å². The quantitative estimate of drug-likeness (QED) is 0.626. The van der Waals surface area contributed by atoms with E-state index in [0.717, 1.165) is 31.8 Å². The van der Waals surface area contributed by atoms with Crippen LogP contribution in [0.25, 0.3) is 6.08 Å². The lowest BCUT2D eigenvalue weighted by Crippen LogP contribution is -2.51. The standard InChI is InChI=1S/C14H15N3O4/c18-12-10(13(19)16-14(20)15-12)8-9-4-5-11(21-9)17-6-2-1-3-7-17/h4-5,8H,1-3,6-7H2,(H2,15,16,18,19,20). The molecule has 0 aromatic carbocycles. The van der Waals surface area contributed by atoms with Crippen molar-refractivity contribution in [3.05, 3.63) is 23.5 Å². The van der Waals surface area contributed by atoms with E-state index in [1.54, 1.807) is 6.07 Å². The first-order chi connectivity index (χ1) is 10.1. The Morgan fingerprint density at radius 2 is 1.67 bits per heavy atom. The van der Waals surface area contributed by atoms with Gasteiger partial charge in [-0.3, -0.25) is 20.2 Å². The van der Waals surface area contributed by atoms with Crippen LogP contribution in [0.2, 0.25) is 0 Å². The van der Waals surface area contributed by atoms with Crippen molar-refractivity contribution in [2.24, 2.45) is 0 Å². The van der Waals surface area contributed by atoms with Crippen molar-refractivity contribution in [2.75, 3.05) is 18.0 Å². The van der Waals surface area contributed by atoms with Crippen LogP contribution >= 0.6 is 0 Å². The number of anilines is 1. The molecule has 0 saturated carbocycles. The minimum absolute atomic E-state index is 0.144. The van der Waals surface area contributed by atoms with Gasteiger partial charge in [0.1, 0.15) is 11.3 Å². The van der Waals surface area contributed by atoms with Crippen LogP contribution in [0.4, 0.5) is 10.7 Å². The van der Waals surface area contributed by atoms with Crippen molar-refractivity contribution in [2.45, 2.75) is 19.3 Å². The van der Waals surface area contributed by atoms with E-state index in [2.05, 4.69) is 4.90 Å². The molecule has 1 aromatic heterocycles. The molecule has 7 nitrogen and oxygen atoms in total. The van der Waals surface area contributed by atoms with Gasteiger partial charge in [-0.15, -0.1) is 0 Å². The normalized spacial score (nSPS) is 19.3. The molecule has 110 valence electrons. The smallest absolute Gasteiger partial charge is 0.328 e. The van der Waals surface area contributed by atoms with E-state index in [4.69, 9.17) is 4.42 Å².